The Morgan fingerprint density at radius 1 is 0.571 bits per heavy atom. The fourth-order valence-corrected chi connectivity index (χ4v) is 5.13. The molecule has 0 aliphatic carbocycles. The Labute approximate surface area is 167 Å². The van der Waals surface area contributed by atoms with Gasteiger partial charge in [0, 0.05) is 20.2 Å². The van der Waals surface area contributed by atoms with Crippen LogP contribution in [0, 0.1) is 0 Å². The quantitative estimate of drug-likeness (QED) is 0.429. The standard InChI is InChI=1S/C24H17BO2S/c26-25(27)18-10-4-9-17(15-18)20-12-6-14-22-21-13-5-11-19(23(21)28-24(20)22)16-7-2-1-3-8-16/h1-15,26-27H. The average molecular weight is 380 g/mol. The van der Waals surface area contributed by atoms with Crippen LogP contribution in [0.1, 0.15) is 0 Å². The highest BCUT2D eigenvalue weighted by Crippen LogP contribution is 2.43. The van der Waals surface area contributed by atoms with E-state index >= 15 is 0 Å². The second kappa shape index (κ2) is 6.91. The van der Waals surface area contributed by atoms with Crippen molar-refractivity contribution in [1.82, 2.24) is 0 Å². The second-order valence-electron chi connectivity index (χ2n) is 6.83. The van der Waals surface area contributed by atoms with Gasteiger partial charge in [-0.1, -0.05) is 91.0 Å². The second-order valence-corrected chi connectivity index (χ2v) is 7.85. The van der Waals surface area contributed by atoms with Gasteiger partial charge in [-0.2, -0.15) is 0 Å². The first-order chi connectivity index (χ1) is 13.7. The molecule has 5 aromatic rings. The molecule has 0 amide bonds. The third kappa shape index (κ3) is 2.83. The molecule has 0 radical (unpaired) electrons. The van der Waals surface area contributed by atoms with Crippen LogP contribution in [0.2, 0.25) is 0 Å². The van der Waals surface area contributed by atoms with Gasteiger partial charge in [-0.25, -0.2) is 0 Å². The molecule has 0 saturated carbocycles. The highest BCUT2D eigenvalue weighted by molar-refractivity contribution is 7.26. The Morgan fingerprint density at radius 3 is 1.79 bits per heavy atom. The number of rotatable bonds is 3. The summed E-state index contributed by atoms with van der Waals surface area (Å²) >= 11 is 1.79. The fraction of sp³-hybridized carbons (Fsp3) is 0. The van der Waals surface area contributed by atoms with E-state index < -0.39 is 7.12 Å². The molecule has 0 fully saturated rings. The summed E-state index contributed by atoms with van der Waals surface area (Å²) in [4.78, 5) is 0. The van der Waals surface area contributed by atoms with Crippen molar-refractivity contribution in [3.8, 4) is 22.3 Å². The lowest BCUT2D eigenvalue weighted by molar-refractivity contribution is 0.426. The molecule has 0 bridgehead atoms. The molecule has 0 atom stereocenters. The first-order valence-electron chi connectivity index (χ1n) is 9.18. The minimum atomic E-state index is -1.47. The molecule has 0 aliphatic rings. The highest BCUT2D eigenvalue weighted by Gasteiger charge is 2.15. The van der Waals surface area contributed by atoms with Crippen molar-refractivity contribution in [1.29, 1.82) is 0 Å². The Hall–Kier alpha value is -2.92. The zero-order valence-electron chi connectivity index (χ0n) is 15.0. The third-order valence-corrected chi connectivity index (χ3v) is 6.39. The van der Waals surface area contributed by atoms with Crippen LogP contribution >= 0.6 is 11.3 Å². The SMILES string of the molecule is OB(O)c1cccc(-c2cccc3c2sc2c(-c4ccccc4)cccc23)c1. The lowest BCUT2D eigenvalue weighted by Crippen LogP contribution is -2.29. The van der Waals surface area contributed by atoms with Gasteiger partial charge in [0.05, 0.1) is 0 Å². The Bertz CT molecular complexity index is 1290. The van der Waals surface area contributed by atoms with E-state index in [-0.39, 0.29) is 0 Å². The molecule has 134 valence electrons. The minimum absolute atomic E-state index is 0.501. The van der Waals surface area contributed by atoms with Crippen molar-refractivity contribution in [2.75, 3.05) is 0 Å². The number of fused-ring (bicyclic) bond motifs is 3. The first-order valence-corrected chi connectivity index (χ1v) is 10.00. The molecule has 28 heavy (non-hydrogen) atoms. The smallest absolute Gasteiger partial charge is 0.423 e. The van der Waals surface area contributed by atoms with Gasteiger partial charge in [-0.3, -0.25) is 0 Å². The summed E-state index contributed by atoms with van der Waals surface area (Å²) in [6.07, 6.45) is 0. The van der Waals surface area contributed by atoms with Crippen LogP contribution in [0.4, 0.5) is 0 Å². The maximum Gasteiger partial charge on any atom is 0.488 e. The van der Waals surface area contributed by atoms with Crippen LogP contribution in [-0.4, -0.2) is 17.2 Å². The largest absolute Gasteiger partial charge is 0.488 e. The van der Waals surface area contributed by atoms with Gasteiger partial charge in [0.1, 0.15) is 0 Å². The van der Waals surface area contributed by atoms with Crippen molar-refractivity contribution in [3.05, 3.63) is 91.0 Å². The van der Waals surface area contributed by atoms with E-state index in [0.717, 1.165) is 11.1 Å². The number of thiophene rings is 1. The van der Waals surface area contributed by atoms with Crippen molar-refractivity contribution >= 4 is 44.1 Å². The van der Waals surface area contributed by atoms with Gasteiger partial charge in [0.15, 0.2) is 0 Å². The average Bonchev–Trinajstić information content (AvgIpc) is 3.13. The number of hydrogen-bond donors (Lipinski definition) is 2. The van der Waals surface area contributed by atoms with Gasteiger partial charge in [0.2, 0.25) is 0 Å². The van der Waals surface area contributed by atoms with Gasteiger partial charge < -0.3 is 10.0 Å². The molecule has 2 N–H and O–H groups in total. The Balaban J connectivity index is 1.79. The molecular weight excluding hydrogens is 363 g/mol. The normalized spacial score (nSPS) is 11.2. The van der Waals surface area contributed by atoms with Crippen molar-refractivity contribution < 1.29 is 10.0 Å². The molecule has 4 aromatic carbocycles. The summed E-state index contributed by atoms with van der Waals surface area (Å²) in [5.74, 6) is 0. The summed E-state index contributed by atoms with van der Waals surface area (Å²) in [6, 6.07) is 30.7. The van der Waals surface area contributed by atoms with Crippen LogP contribution in [0.15, 0.2) is 91.0 Å². The van der Waals surface area contributed by atoms with Gasteiger partial charge in [0.25, 0.3) is 0 Å². The van der Waals surface area contributed by atoms with E-state index in [2.05, 4.69) is 60.7 Å². The number of hydrogen-bond acceptors (Lipinski definition) is 3. The van der Waals surface area contributed by atoms with Crippen LogP contribution in [-0.2, 0) is 0 Å². The summed E-state index contributed by atoms with van der Waals surface area (Å²) in [5.41, 5.74) is 5.06. The molecule has 1 aromatic heterocycles. The Kier molecular flexibility index (Phi) is 4.25. The van der Waals surface area contributed by atoms with E-state index in [1.54, 1.807) is 17.4 Å². The van der Waals surface area contributed by atoms with E-state index in [1.807, 2.05) is 24.3 Å². The van der Waals surface area contributed by atoms with Crippen LogP contribution in [0.3, 0.4) is 0 Å². The highest BCUT2D eigenvalue weighted by atomic mass is 32.1. The van der Waals surface area contributed by atoms with Crippen LogP contribution in [0.5, 0.6) is 0 Å². The molecule has 0 saturated heterocycles. The van der Waals surface area contributed by atoms with Gasteiger partial charge >= 0.3 is 7.12 Å². The van der Waals surface area contributed by atoms with E-state index in [0.29, 0.717) is 5.46 Å². The van der Waals surface area contributed by atoms with Crippen LogP contribution in [0.25, 0.3) is 42.4 Å². The van der Waals surface area contributed by atoms with Crippen molar-refractivity contribution in [3.63, 3.8) is 0 Å². The molecule has 5 rings (SSSR count). The number of benzene rings is 4. The first kappa shape index (κ1) is 17.2. The van der Waals surface area contributed by atoms with Crippen LogP contribution < -0.4 is 5.46 Å². The van der Waals surface area contributed by atoms with Crippen molar-refractivity contribution in [2.45, 2.75) is 0 Å². The molecule has 4 heteroatoms. The third-order valence-electron chi connectivity index (χ3n) is 5.10. The lowest BCUT2D eigenvalue weighted by Gasteiger charge is -2.06. The zero-order chi connectivity index (χ0) is 19.1. The van der Waals surface area contributed by atoms with Crippen molar-refractivity contribution in [2.24, 2.45) is 0 Å². The fourth-order valence-electron chi connectivity index (χ4n) is 3.76. The monoisotopic (exact) mass is 380 g/mol. The summed E-state index contributed by atoms with van der Waals surface area (Å²) in [5, 5.41) is 21.6. The van der Waals surface area contributed by atoms with E-state index in [1.165, 1.54) is 31.3 Å². The van der Waals surface area contributed by atoms with Gasteiger partial charge in [-0.05, 0) is 27.7 Å². The maximum atomic E-state index is 9.54. The van der Waals surface area contributed by atoms with Gasteiger partial charge in [-0.15, -0.1) is 11.3 Å². The lowest BCUT2D eigenvalue weighted by atomic mass is 9.79. The summed E-state index contributed by atoms with van der Waals surface area (Å²) in [7, 11) is -1.47. The predicted molar refractivity (Wildman–Crippen MR) is 120 cm³/mol. The molecule has 2 nitrogen and oxygen atoms in total. The predicted octanol–water partition coefficient (Wildman–Crippen LogP) is 5.07. The summed E-state index contributed by atoms with van der Waals surface area (Å²) < 4.78 is 2.49. The zero-order valence-corrected chi connectivity index (χ0v) is 15.9. The van der Waals surface area contributed by atoms with E-state index in [9.17, 15) is 10.0 Å². The Morgan fingerprint density at radius 2 is 1.14 bits per heavy atom. The molecule has 0 unspecified atom stereocenters. The molecular formula is C24H17BO2S. The van der Waals surface area contributed by atoms with E-state index in [4.69, 9.17) is 0 Å². The molecule has 0 aliphatic heterocycles. The summed E-state index contributed by atoms with van der Waals surface area (Å²) in [6.45, 7) is 0. The maximum absolute atomic E-state index is 9.54. The molecule has 1 heterocycles. The molecule has 0 spiro atoms. The minimum Gasteiger partial charge on any atom is -0.423 e. The topological polar surface area (TPSA) is 40.5 Å².